The van der Waals surface area contributed by atoms with E-state index in [0.717, 1.165) is 0 Å². The molecule has 1 saturated carbocycles. The van der Waals surface area contributed by atoms with Crippen molar-refractivity contribution in [3.05, 3.63) is 39.9 Å². The first-order chi connectivity index (χ1) is 10.5. The molecule has 0 unspecified atom stereocenters. The second-order valence-electron chi connectivity index (χ2n) is 5.58. The van der Waals surface area contributed by atoms with Crippen molar-refractivity contribution in [3.8, 4) is 0 Å². The SMILES string of the molecule is NC(=O)c1nccc2[nH]c([C@H]3CC[C@@H](F)[C@H](F)C3)cc(=O)c12. The lowest BCUT2D eigenvalue weighted by Crippen LogP contribution is -2.27. The number of rotatable bonds is 2. The van der Waals surface area contributed by atoms with E-state index in [0.29, 0.717) is 17.6 Å². The molecule has 7 heteroatoms. The molecule has 0 saturated heterocycles. The van der Waals surface area contributed by atoms with Crippen LogP contribution in [0.1, 0.15) is 41.4 Å². The standard InChI is InChI=1S/C15H15F2N3O2/c16-8-2-1-7(5-9(8)17)11-6-12(21)13-10(20-11)3-4-19-14(13)15(18)22/h3-4,6-9H,1-2,5H2,(H2,18,22)(H,20,21)/t7-,8+,9+/m0/s1. The van der Waals surface area contributed by atoms with E-state index in [1.54, 1.807) is 6.07 Å². The molecule has 3 rings (SSSR count). The van der Waals surface area contributed by atoms with Crippen LogP contribution in [0.25, 0.3) is 10.9 Å². The summed E-state index contributed by atoms with van der Waals surface area (Å²) in [5, 5.41) is 0.120. The number of aromatic amines is 1. The average molecular weight is 307 g/mol. The van der Waals surface area contributed by atoms with Gasteiger partial charge in [0.1, 0.15) is 18.0 Å². The molecule has 0 aromatic carbocycles. The topological polar surface area (TPSA) is 88.8 Å². The fourth-order valence-electron chi connectivity index (χ4n) is 2.99. The fraction of sp³-hybridized carbons (Fsp3) is 0.400. The zero-order valence-electron chi connectivity index (χ0n) is 11.7. The van der Waals surface area contributed by atoms with Gasteiger partial charge in [0.25, 0.3) is 5.91 Å². The first-order valence-corrected chi connectivity index (χ1v) is 7.07. The normalized spacial score (nSPS) is 25.3. The summed E-state index contributed by atoms with van der Waals surface area (Å²) in [7, 11) is 0. The third-order valence-electron chi connectivity index (χ3n) is 4.13. The Balaban J connectivity index is 2.07. The van der Waals surface area contributed by atoms with Crippen LogP contribution in [0.15, 0.2) is 23.1 Å². The van der Waals surface area contributed by atoms with Gasteiger partial charge in [-0.15, -0.1) is 0 Å². The second-order valence-corrected chi connectivity index (χ2v) is 5.58. The van der Waals surface area contributed by atoms with Crippen molar-refractivity contribution in [2.75, 3.05) is 0 Å². The van der Waals surface area contributed by atoms with Gasteiger partial charge in [-0.25, -0.2) is 8.78 Å². The summed E-state index contributed by atoms with van der Waals surface area (Å²) in [4.78, 5) is 30.5. The molecule has 3 N–H and O–H groups in total. The van der Waals surface area contributed by atoms with Crippen LogP contribution >= 0.6 is 0 Å². The minimum Gasteiger partial charge on any atom is -0.364 e. The number of halogens is 2. The molecule has 1 amide bonds. The van der Waals surface area contributed by atoms with Gasteiger partial charge in [-0.1, -0.05) is 0 Å². The quantitative estimate of drug-likeness (QED) is 0.889. The third kappa shape index (κ3) is 2.47. The van der Waals surface area contributed by atoms with E-state index < -0.39 is 23.7 Å². The third-order valence-corrected chi connectivity index (χ3v) is 4.13. The number of carbonyl (C=O) groups is 1. The van der Waals surface area contributed by atoms with Crippen LogP contribution in [0.4, 0.5) is 8.78 Å². The van der Waals surface area contributed by atoms with Gasteiger partial charge in [0.05, 0.1) is 10.9 Å². The number of H-pyrrole nitrogens is 1. The molecule has 22 heavy (non-hydrogen) atoms. The molecule has 2 aromatic rings. The number of aromatic nitrogens is 2. The molecule has 2 aromatic heterocycles. The van der Waals surface area contributed by atoms with Crippen LogP contribution in [0.2, 0.25) is 0 Å². The highest BCUT2D eigenvalue weighted by Gasteiger charge is 2.32. The minimum atomic E-state index is -1.52. The summed E-state index contributed by atoms with van der Waals surface area (Å²) in [6.45, 7) is 0. The smallest absolute Gasteiger partial charge is 0.268 e. The summed E-state index contributed by atoms with van der Waals surface area (Å²) in [6, 6.07) is 2.88. The highest BCUT2D eigenvalue weighted by Crippen LogP contribution is 2.35. The molecule has 116 valence electrons. The Bertz CT molecular complexity index is 790. The van der Waals surface area contributed by atoms with Crippen LogP contribution in [0, 0.1) is 0 Å². The Hall–Kier alpha value is -2.31. The Labute approximate surface area is 124 Å². The highest BCUT2D eigenvalue weighted by molar-refractivity contribution is 6.03. The number of primary amides is 1. The van der Waals surface area contributed by atoms with Crippen molar-refractivity contribution >= 4 is 16.8 Å². The van der Waals surface area contributed by atoms with E-state index in [2.05, 4.69) is 9.97 Å². The summed E-state index contributed by atoms with van der Waals surface area (Å²) in [6.07, 6.45) is -0.939. The molecule has 5 nitrogen and oxygen atoms in total. The van der Waals surface area contributed by atoms with E-state index >= 15 is 0 Å². The minimum absolute atomic E-state index is 0.0381. The maximum atomic E-state index is 13.6. The lowest BCUT2D eigenvalue weighted by molar-refractivity contribution is 0.0997. The van der Waals surface area contributed by atoms with Gasteiger partial charge in [0, 0.05) is 23.9 Å². The number of hydrogen-bond donors (Lipinski definition) is 2. The Morgan fingerprint density at radius 3 is 2.77 bits per heavy atom. The van der Waals surface area contributed by atoms with Crippen LogP contribution in [0.5, 0.6) is 0 Å². The molecular weight excluding hydrogens is 292 g/mol. The average Bonchev–Trinajstić information content (AvgIpc) is 2.49. The summed E-state index contributed by atoms with van der Waals surface area (Å²) >= 11 is 0. The highest BCUT2D eigenvalue weighted by atomic mass is 19.2. The van der Waals surface area contributed by atoms with E-state index in [1.807, 2.05) is 0 Å². The number of nitrogens with two attached hydrogens (primary N) is 1. The molecule has 1 aliphatic rings. The van der Waals surface area contributed by atoms with Crippen molar-refractivity contribution in [3.63, 3.8) is 0 Å². The molecule has 1 fully saturated rings. The van der Waals surface area contributed by atoms with Crippen molar-refractivity contribution < 1.29 is 13.6 Å². The van der Waals surface area contributed by atoms with E-state index in [4.69, 9.17) is 5.73 Å². The maximum absolute atomic E-state index is 13.6. The molecule has 0 bridgehead atoms. The Kier molecular flexibility index (Phi) is 3.64. The van der Waals surface area contributed by atoms with Crippen LogP contribution in [0.3, 0.4) is 0 Å². The van der Waals surface area contributed by atoms with Crippen LogP contribution in [-0.2, 0) is 0 Å². The maximum Gasteiger partial charge on any atom is 0.268 e. The van der Waals surface area contributed by atoms with Gasteiger partial charge < -0.3 is 10.7 Å². The summed E-state index contributed by atoms with van der Waals surface area (Å²) in [5.74, 6) is -1.03. The zero-order valence-corrected chi connectivity index (χ0v) is 11.7. The van der Waals surface area contributed by atoms with Gasteiger partial charge in [0.2, 0.25) is 0 Å². The van der Waals surface area contributed by atoms with E-state index in [1.165, 1.54) is 12.3 Å². The zero-order chi connectivity index (χ0) is 15.9. The van der Waals surface area contributed by atoms with E-state index in [-0.39, 0.29) is 29.8 Å². The Morgan fingerprint density at radius 1 is 1.32 bits per heavy atom. The number of amides is 1. The van der Waals surface area contributed by atoms with Gasteiger partial charge in [-0.3, -0.25) is 14.6 Å². The molecule has 0 radical (unpaired) electrons. The number of fused-ring (bicyclic) bond motifs is 1. The lowest BCUT2D eigenvalue weighted by atomic mass is 9.84. The Morgan fingerprint density at radius 2 is 2.09 bits per heavy atom. The molecule has 1 aliphatic carbocycles. The molecule has 3 atom stereocenters. The molecular formula is C15H15F2N3O2. The molecule has 0 aliphatic heterocycles. The predicted octanol–water partition coefficient (Wildman–Crippen LogP) is 1.97. The van der Waals surface area contributed by atoms with Crippen molar-refractivity contribution in [2.45, 2.75) is 37.5 Å². The van der Waals surface area contributed by atoms with Crippen molar-refractivity contribution in [1.29, 1.82) is 0 Å². The van der Waals surface area contributed by atoms with Crippen molar-refractivity contribution in [1.82, 2.24) is 9.97 Å². The first kappa shape index (κ1) is 14.6. The molecule has 0 spiro atoms. The summed E-state index contributed by atoms with van der Waals surface area (Å²) in [5.41, 5.74) is 5.69. The number of nitrogens with one attached hydrogen (secondary N) is 1. The predicted molar refractivity (Wildman–Crippen MR) is 77.3 cm³/mol. The lowest BCUT2D eigenvalue weighted by Gasteiger charge is -2.27. The number of nitrogens with zero attached hydrogens (tertiary/aromatic N) is 1. The fourth-order valence-corrected chi connectivity index (χ4v) is 2.99. The monoisotopic (exact) mass is 307 g/mol. The van der Waals surface area contributed by atoms with Crippen LogP contribution in [-0.4, -0.2) is 28.2 Å². The van der Waals surface area contributed by atoms with E-state index in [9.17, 15) is 18.4 Å². The number of carbonyl (C=O) groups excluding carboxylic acids is 1. The first-order valence-electron chi connectivity index (χ1n) is 7.07. The number of alkyl halides is 2. The number of pyridine rings is 2. The largest absolute Gasteiger partial charge is 0.364 e. The van der Waals surface area contributed by atoms with Gasteiger partial charge in [0.15, 0.2) is 5.43 Å². The van der Waals surface area contributed by atoms with Crippen molar-refractivity contribution in [2.24, 2.45) is 5.73 Å². The van der Waals surface area contributed by atoms with Gasteiger partial charge in [-0.05, 0) is 25.3 Å². The van der Waals surface area contributed by atoms with Gasteiger partial charge >= 0.3 is 0 Å². The number of hydrogen-bond acceptors (Lipinski definition) is 3. The molecule has 2 heterocycles. The van der Waals surface area contributed by atoms with Gasteiger partial charge in [-0.2, -0.15) is 0 Å². The van der Waals surface area contributed by atoms with Crippen LogP contribution < -0.4 is 11.2 Å². The summed E-state index contributed by atoms with van der Waals surface area (Å²) < 4.78 is 26.8. The second kappa shape index (κ2) is 5.47.